The van der Waals surface area contributed by atoms with Crippen molar-refractivity contribution in [1.82, 2.24) is 0 Å². The van der Waals surface area contributed by atoms with Gasteiger partial charge in [0.15, 0.2) is 17.3 Å². The second-order valence-electron chi connectivity index (χ2n) is 7.90. The maximum atomic E-state index is 6.93. The Balaban J connectivity index is 4.91. The third-order valence-electron chi connectivity index (χ3n) is 5.32. The molecule has 0 amide bonds. The molecule has 0 N–H and O–H groups in total. The smallest absolute Gasteiger partial charge is 0.124 e. The molecule has 198 valence electrons. The molecule has 1 rings (SSSR count). The lowest BCUT2D eigenvalue weighted by Gasteiger charge is -2.43. The Labute approximate surface area is 287 Å². The van der Waals surface area contributed by atoms with E-state index >= 15 is 0 Å². The number of rotatable bonds is 12. The molecule has 4 atom stereocenters. The van der Waals surface area contributed by atoms with Gasteiger partial charge in [0.25, 0.3) is 0 Å². The molecule has 0 saturated heterocycles. The van der Waals surface area contributed by atoms with E-state index in [1.807, 2.05) is 13.8 Å². The lowest BCUT2D eigenvalue weighted by atomic mass is 9.78. The molecule has 0 fully saturated rings. The molecular weight excluding hydrogens is 778 g/mol. The van der Waals surface area contributed by atoms with E-state index in [2.05, 4.69) is 41.0 Å². The van der Waals surface area contributed by atoms with Crippen LogP contribution in [0.1, 0.15) is 60.1 Å². The average molecular weight is 796 g/mol. The van der Waals surface area contributed by atoms with Crippen LogP contribution in [-0.4, -0.2) is 61.0 Å². The molecule has 12 radical (unpaired) electrons. The maximum absolute atomic E-state index is 6.93. The molecule has 0 nitrogen and oxygen atoms in total. The summed E-state index contributed by atoms with van der Waals surface area (Å²) < 4.78 is -7.59. The van der Waals surface area contributed by atoms with Crippen molar-refractivity contribution in [2.24, 2.45) is 0 Å². The van der Waals surface area contributed by atoms with Crippen molar-refractivity contribution in [3.8, 4) is 0 Å². The average Bonchev–Trinajstić information content (AvgIpc) is 2.73. The first-order valence-electron chi connectivity index (χ1n) is 10.3. The minimum atomic E-state index is -1.97. The Morgan fingerprint density at radius 3 is 0.833 bits per heavy atom. The first-order chi connectivity index (χ1) is 16.2. The van der Waals surface area contributed by atoms with Crippen molar-refractivity contribution in [2.45, 2.75) is 76.9 Å². The predicted molar refractivity (Wildman–Crippen MR) is 170 cm³/mol. The second-order valence-corrected chi connectivity index (χ2v) is 19.0. The number of hydrogen-bond acceptors (Lipinski definition) is 0. The van der Waals surface area contributed by atoms with Gasteiger partial charge in [-0.05, 0) is 35.1 Å². The quantitative estimate of drug-likeness (QED) is 0.146. The van der Waals surface area contributed by atoms with E-state index in [-0.39, 0.29) is 22.3 Å². The third-order valence-corrected chi connectivity index (χ3v) is 14.0. The summed E-state index contributed by atoms with van der Waals surface area (Å²) in [6.07, 6.45) is 2.23. The van der Waals surface area contributed by atoms with Crippen LogP contribution in [-0.2, 0) is 30.2 Å². The zero-order valence-electron chi connectivity index (χ0n) is 18.7. The zero-order chi connectivity index (χ0) is 28.6. The number of benzene rings is 1. The molecule has 1 aromatic carbocycles. The van der Waals surface area contributed by atoms with Gasteiger partial charge in [0.1, 0.15) is 0 Å². The maximum Gasteiger partial charge on any atom is 0.156 e. The molecule has 0 saturated carbocycles. The highest BCUT2D eigenvalue weighted by atomic mass is 35.5. The fraction of sp³-hybridized carbons (Fsp3) is 0.700. The van der Waals surface area contributed by atoms with Gasteiger partial charge in [0.2, 0.25) is 0 Å². The fourth-order valence-corrected chi connectivity index (χ4v) is 6.42. The SMILES string of the molecule is CCCc1c(CCC)c(C(Cl)(Cl)C([Si])Cl)c(C(Cl)(Cl)C([Si])Cl)c(C(Cl)(Cl)C([Si])Cl)c1C(Cl)(Cl)C([Si])Cl. The van der Waals surface area contributed by atoms with Crippen LogP contribution in [0.25, 0.3) is 0 Å². The van der Waals surface area contributed by atoms with Crippen molar-refractivity contribution < 1.29 is 0 Å². The van der Waals surface area contributed by atoms with E-state index in [4.69, 9.17) is 139 Å². The molecule has 0 aliphatic heterocycles. The largest absolute Gasteiger partial charge is 0.156 e. The Morgan fingerprint density at radius 2 is 0.667 bits per heavy atom. The van der Waals surface area contributed by atoms with E-state index in [1.54, 1.807) is 0 Å². The van der Waals surface area contributed by atoms with Gasteiger partial charge in [-0.2, -0.15) is 0 Å². The third kappa shape index (κ3) is 7.55. The van der Waals surface area contributed by atoms with Crippen LogP contribution in [0.4, 0.5) is 0 Å². The van der Waals surface area contributed by atoms with Crippen LogP contribution >= 0.6 is 139 Å². The summed E-state index contributed by atoms with van der Waals surface area (Å²) in [7, 11) is 13.4. The lowest BCUT2D eigenvalue weighted by Crippen LogP contribution is -2.41. The van der Waals surface area contributed by atoms with Gasteiger partial charge < -0.3 is 0 Å². The van der Waals surface area contributed by atoms with Gasteiger partial charge in [-0.1, -0.05) is 119 Å². The van der Waals surface area contributed by atoms with Gasteiger partial charge in [0.05, 0.1) is 61.0 Å². The van der Waals surface area contributed by atoms with Crippen molar-refractivity contribution >= 4 is 180 Å². The Kier molecular flexibility index (Phi) is 15.0. The van der Waals surface area contributed by atoms with Gasteiger partial charge in [-0.3, -0.25) is 0 Å². The summed E-state index contributed by atoms with van der Waals surface area (Å²) in [6.45, 7) is 3.94. The molecule has 0 aliphatic carbocycles. The highest BCUT2D eigenvalue weighted by Crippen LogP contribution is 2.60. The number of hydrogen-bond donors (Lipinski definition) is 0. The predicted octanol–water partition coefficient (Wildman–Crippen LogP) is 9.05. The van der Waals surface area contributed by atoms with Crippen LogP contribution in [0.3, 0.4) is 0 Å². The minimum absolute atomic E-state index is 0.0385. The monoisotopic (exact) mass is 790 g/mol. The molecule has 16 heteroatoms. The summed E-state index contributed by atoms with van der Waals surface area (Å²) in [4.78, 5) is 0. The van der Waals surface area contributed by atoms with Crippen molar-refractivity contribution in [1.29, 1.82) is 0 Å². The molecule has 0 heterocycles. The Hall–Kier alpha value is 3.57. The molecule has 1 aromatic rings. The van der Waals surface area contributed by atoms with Gasteiger partial charge in [-0.15, -0.1) is 46.4 Å². The van der Waals surface area contributed by atoms with E-state index in [0.717, 1.165) is 0 Å². The number of alkyl halides is 12. The van der Waals surface area contributed by atoms with Crippen LogP contribution < -0.4 is 0 Å². The summed E-state index contributed by atoms with van der Waals surface area (Å²) in [5, 5.41) is -4.29. The van der Waals surface area contributed by atoms with E-state index in [9.17, 15) is 0 Å². The highest BCUT2D eigenvalue weighted by molar-refractivity contribution is 6.62. The molecule has 4 unspecified atom stereocenters. The molecule has 0 aromatic heterocycles. The second kappa shape index (κ2) is 14.4. The molecule has 0 spiro atoms. The van der Waals surface area contributed by atoms with Crippen LogP contribution in [0.15, 0.2) is 0 Å². The first kappa shape index (κ1) is 37.6. The molecular formula is C20H18Cl12Si4. The van der Waals surface area contributed by atoms with Gasteiger partial charge in [0, 0.05) is 11.1 Å². The van der Waals surface area contributed by atoms with Crippen LogP contribution in [0, 0.1) is 0 Å². The van der Waals surface area contributed by atoms with Crippen LogP contribution in [0.5, 0.6) is 0 Å². The van der Waals surface area contributed by atoms with Crippen molar-refractivity contribution in [3.63, 3.8) is 0 Å². The normalized spacial score (nSPS) is 17.2. The standard InChI is InChI=1S/C20H18Cl12Si4/c1-3-5-7-8(6-4-2)10(18(27,28)14(22)34)12(20(31,32)16(24)36)11(19(29,30)15(23)35)9(7)17(25,26)13(21)33/h13-16H,3-6H2,1-2H3. The van der Waals surface area contributed by atoms with Gasteiger partial charge in [-0.25, -0.2) is 0 Å². The van der Waals surface area contributed by atoms with E-state index < -0.39 is 37.3 Å². The highest BCUT2D eigenvalue weighted by Gasteiger charge is 2.53. The number of halogens is 12. The zero-order valence-corrected chi connectivity index (χ0v) is 31.7. The Bertz CT molecular complexity index is 844. The lowest BCUT2D eigenvalue weighted by molar-refractivity contribution is 0.726. The first-order valence-corrected chi connectivity index (χ1v) is 17.4. The van der Waals surface area contributed by atoms with Crippen molar-refractivity contribution in [3.05, 3.63) is 33.4 Å². The van der Waals surface area contributed by atoms with E-state index in [0.29, 0.717) is 36.8 Å². The fourth-order valence-electron chi connectivity index (χ4n) is 3.81. The van der Waals surface area contributed by atoms with Gasteiger partial charge >= 0.3 is 0 Å². The van der Waals surface area contributed by atoms with E-state index in [1.165, 1.54) is 0 Å². The molecule has 0 aliphatic rings. The Morgan fingerprint density at radius 1 is 0.472 bits per heavy atom. The summed E-state index contributed by atoms with van der Waals surface area (Å²) in [5.41, 5.74) is 1.87. The summed E-state index contributed by atoms with van der Waals surface area (Å²) in [5.74, 6) is 0. The summed E-state index contributed by atoms with van der Waals surface area (Å²) >= 11 is 81.3. The topological polar surface area (TPSA) is 0 Å². The summed E-state index contributed by atoms with van der Waals surface area (Å²) in [6, 6.07) is 0. The van der Waals surface area contributed by atoms with Crippen LogP contribution in [0.2, 0.25) is 0 Å². The molecule has 36 heavy (non-hydrogen) atoms. The minimum Gasteiger partial charge on any atom is -0.124 e. The van der Waals surface area contributed by atoms with Crippen molar-refractivity contribution in [2.75, 3.05) is 0 Å². The molecule has 0 bridgehead atoms.